The lowest BCUT2D eigenvalue weighted by molar-refractivity contribution is -0.384. The zero-order chi connectivity index (χ0) is 17.1. The minimum atomic E-state index is -0.428. The SMILES string of the molecule is CC1=NN(c2ccccc2)C(=S)/C1=C/Nc1ccc([N+](=O)[O-])cc1. The summed E-state index contributed by atoms with van der Waals surface area (Å²) in [6.45, 7) is 1.89. The number of thiocarbonyl (C=S) groups is 1. The highest BCUT2D eigenvalue weighted by molar-refractivity contribution is 7.81. The minimum Gasteiger partial charge on any atom is -0.361 e. The zero-order valence-electron chi connectivity index (χ0n) is 12.8. The van der Waals surface area contributed by atoms with Crippen molar-refractivity contribution in [3.8, 4) is 0 Å². The average Bonchev–Trinajstić information content (AvgIpc) is 2.88. The molecule has 24 heavy (non-hydrogen) atoms. The number of para-hydroxylation sites is 1. The van der Waals surface area contributed by atoms with Crippen LogP contribution in [0.3, 0.4) is 0 Å². The molecule has 0 aromatic heterocycles. The number of rotatable bonds is 4. The van der Waals surface area contributed by atoms with Gasteiger partial charge in [0, 0.05) is 24.0 Å². The van der Waals surface area contributed by atoms with Crippen molar-refractivity contribution in [1.82, 2.24) is 0 Å². The fourth-order valence-electron chi connectivity index (χ4n) is 2.26. The van der Waals surface area contributed by atoms with Crippen LogP contribution in [0.15, 0.2) is 71.5 Å². The third-order valence-corrected chi connectivity index (χ3v) is 3.92. The molecule has 0 saturated carbocycles. The topological polar surface area (TPSA) is 70.8 Å². The summed E-state index contributed by atoms with van der Waals surface area (Å²) in [6, 6.07) is 15.9. The Hall–Kier alpha value is -3.06. The van der Waals surface area contributed by atoms with Crippen molar-refractivity contribution >= 4 is 40.0 Å². The number of hydrogen-bond donors (Lipinski definition) is 1. The standard InChI is InChI=1S/C17H14N4O2S/c1-12-16(11-18-13-7-9-15(10-8-13)21(22)23)17(24)20(19-12)14-5-3-2-4-6-14/h2-11,18H,1H3/b16-11+. The van der Waals surface area contributed by atoms with E-state index < -0.39 is 4.92 Å². The minimum absolute atomic E-state index is 0.0533. The van der Waals surface area contributed by atoms with Crippen molar-refractivity contribution in [3.05, 3.63) is 76.5 Å². The van der Waals surface area contributed by atoms with E-state index in [4.69, 9.17) is 12.2 Å². The van der Waals surface area contributed by atoms with Crippen molar-refractivity contribution in [1.29, 1.82) is 0 Å². The van der Waals surface area contributed by atoms with Crippen molar-refractivity contribution < 1.29 is 4.92 Å². The number of nitro groups is 1. The molecule has 1 heterocycles. The molecule has 3 rings (SSSR count). The van der Waals surface area contributed by atoms with Gasteiger partial charge in [0.25, 0.3) is 5.69 Å². The van der Waals surface area contributed by atoms with Gasteiger partial charge in [-0.05, 0) is 31.2 Å². The second-order valence-corrected chi connectivity index (χ2v) is 5.53. The highest BCUT2D eigenvalue weighted by Gasteiger charge is 2.24. The van der Waals surface area contributed by atoms with Crippen LogP contribution in [-0.2, 0) is 0 Å². The number of nitro benzene ring substituents is 1. The van der Waals surface area contributed by atoms with Gasteiger partial charge in [0.15, 0.2) is 0 Å². The van der Waals surface area contributed by atoms with Gasteiger partial charge in [-0.15, -0.1) is 0 Å². The number of anilines is 2. The van der Waals surface area contributed by atoms with Crippen molar-refractivity contribution in [3.63, 3.8) is 0 Å². The molecule has 0 atom stereocenters. The molecule has 0 saturated heterocycles. The Labute approximate surface area is 144 Å². The van der Waals surface area contributed by atoms with E-state index in [-0.39, 0.29) is 5.69 Å². The summed E-state index contributed by atoms with van der Waals surface area (Å²) in [6.07, 6.45) is 1.77. The van der Waals surface area contributed by atoms with Crippen LogP contribution in [0.4, 0.5) is 17.1 Å². The van der Waals surface area contributed by atoms with Crippen LogP contribution in [0.5, 0.6) is 0 Å². The van der Waals surface area contributed by atoms with Gasteiger partial charge in [-0.3, -0.25) is 10.1 Å². The van der Waals surface area contributed by atoms with Gasteiger partial charge in [0.2, 0.25) is 0 Å². The first kappa shape index (κ1) is 15.8. The quantitative estimate of drug-likeness (QED) is 0.393. The summed E-state index contributed by atoms with van der Waals surface area (Å²) in [7, 11) is 0. The van der Waals surface area contributed by atoms with Crippen LogP contribution in [0.2, 0.25) is 0 Å². The monoisotopic (exact) mass is 338 g/mol. The second-order valence-electron chi connectivity index (χ2n) is 5.14. The van der Waals surface area contributed by atoms with Crippen molar-refractivity contribution in [2.24, 2.45) is 5.10 Å². The summed E-state index contributed by atoms with van der Waals surface area (Å²) < 4.78 is 0. The molecule has 0 radical (unpaired) electrons. The molecule has 0 aliphatic carbocycles. The summed E-state index contributed by atoms with van der Waals surface area (Å²) in [5.74, 6) is 0. The van der Waals surface area contributed by atoms with Gasteiger partial charge in [-0.1, -0.05) is 30.4 Å². The number of non-ortho nitro benzene ring substituents is 1. The van der Waals surface area contributed by atoms with Gasteiger partial charge in [0.1, 0.15) is 4.99 Å². The molecular weight excluding hydrogens is 324 g/mol. The molecule has 2 aromatic carbocycles. The third-order valence-electron chi connectivity index (χ3n) is 3.52. The zero-order valence-corrected chi connectivity index (χ0v) is 13.7. The molecule has 2 aromatic rings. The Kier molecular flexibility index (Phi) is 4.35. The molecule has 1 aliphatic heterocycles. The first-order valence-electron chi connectivity index (χ1n) is 7.22. The van der Waals surface area contributed by atoms with E-state index in [2.05, 4.69) is 10.4 Å². The fraction of sp³-hybridized carbons (Fsp3) is 0.0588. The maximum absolute atomic E-state index is 10.7. The Morgan fingerprint density at radius 3 is 2.46 bits per heavy atom. The van der Waals surface area contributed by atoms with E-state index in [1.54, 1.807) is 23.3 Å². The van der Waals surface area contributed by atoms with Gasteiger partial charge in [-0.2, -0.15) is 5.10 Å². The number of benzene rings is 2. The first-order chi connectivity index (χ1) is 11.6. The Balaban J connectivity index is 1.77. The van der Waals surface area contributed by atoms with E-state index in [9.17, 15) is 10.1 Å². The van der Waals surface area contributed by atoms with Crippen LogP contribution in [0.1, 0.15) is 6.92 Å². The molecule has 6 nitrogen and oxygen atoms in total. The lowest BCUT2D eigenvalue weighted by Crippen LogP contribution is -2.19. The van der Waals surface area contributed by atoms with Crippen molar-refractivity contribution in [2.45, 2.75) is 6.92 Å². The van der Waals surface area contributed by atoms with Gasteiger partial charge >= 0.3 is 0 Å². The lowest BCUT2D eigenvalue weighted by Gasteiger charge is -2.13. The van der Waals surface area contributed by atoms with Crippen LogP contribution in [0, 0.1) is 10.1 Å². The summed E-state index contributed by atoms with van der Waals surface area (Å²) in [4.78, 5) is 10.8. The van der Waals surface area contributed by atoms with Gasteiger partial charge in [0.05, 0.1) is 21.9 Å². The largest absolute Gasteiger partial charge is 0.361 e. The van der Waals surface area contributed by atoms with E-state index in [1.165, 1.54) is 12.1 Å². The predicted octanol–water partition coefficient (Wildman–Crippen LogP) is 4.11. The van der Waals surface area contributed by atoms with Crippen LogP contribution >= 0.6 is 12.2 Å². The Bertz CT molecular complexity index is 845. The second kappa shape index (κ2) is 6.59. The molecule has 1 N–H and O–H groups in total. The molecule has 1 aliphatic rings. The van der Waals surface area contributed by atoms with E-state index in [0.717, 1.165) is 22.7 Å². The van der Waals surface area contributed by atoms with E-state index in [0.29, 0.717) is 4.99 Å². The van der Waals surface area contributed by atoms with Crippen LogP contribution in [-0.4, -0.2) is 15.6 Å². The van der Waals surface area contributed by atoms with Crippen molar-refractivity contribution in [2.75, 3.05) is 10.3 Å². The predicted molar refractivity (Wildman–Crippen MR) is 99.4 cm³/mol. The molecule has 0 fully saturated rings. The highest BCUT2D eigenvalue weighted by atomic mass is 32.1. The number of nitrogens with one attached hydrogen (secondary N) is 1. The van der Waals surface area contributed by atoms with Crippen LogP contribution < -0.4 is 10.3 Å². The lowest BCUT2D eigenvalue weighted by atomic mass is 10.2. The maximum atomic E-state index is 10.7. The maximum Gasteiger partial charge on any atom is 0.269 e. The molecule has 120 valence electrons. The van der Waals surface area contributed by atoms with E-state index >= 15 is 0 Å². The number of nitrogens with zero attached hydrogens (tertiary/aromatic N) is 3. The van der Waals surface area contributed by atoms with Gasteiger partial charge < -0.3 is 5.32 Å². The number of hydrogen-bond acceptors (Lipinski definition) is 5. The molecule has 7 heteroatoms. The highest BCUT2D eigenvalue weighted by Crippen LogP contribution is 2.24. The summed E-state index contributed by atoms with van der Waals surface area (Å²) in [5, 5.41) is 20.0. The number of hydrazone groups is 1. The third kappa shape index (κ3) is 3.16. The molecule has 0 spiro atoms. The molecule has 0 bridgehead atoms. The molecular formula is C17H14N4O2S. The first-order valence-corrected chi connectivity index (χ1v) is 7.63. The summed E-state index contributed by atoms with van der Waals surface area (Å²) in [5.41, 5.74) is 3.31. The normalized spacial score (nSPS) is 15.5. The van der Waals surface area contributed by atoms with Gasteiger partial charge in [-0.25, -0.2) is 5.01 Å². The Morgan fingerprint density at radius 1 is 1.17 bits per heavy atom. The van der Waals surface area contributed by atoms with E-state index in [1.807, 2.05) is 37.3 Å². The Morgan fingerprint density at radius 2 is 1.83 bits per heavy atom. The average molecular weight is 338 g/mol. The molecule has 0 amide bonds. The van der Waals surface area contributed by atoms with Crippen LogP contribution in [0.25, 0.3) is 0 Å². The molecule has 0 unspecified atom stereocenters. The smallest absolute Gasteiger partial charge is 0.269 e. The fourth-order valence-corrected chi connectivity index (χ4v) is 2.62. The summed E-state index contributed by atoms with van der Waals surface area (Å²) >= 11 is 5.51.